The minimum atomic E-state index is -0.498. The number of rotatable bonds is 5. The number of benzene rings is 1. The minimum absolute atomic E-state index is 0.0778. The lowest BCUT2D eigenvalue weighted by atomic mass is 10.1. The zero-order chi connectivity index (χ0) is 14.4. The van der Waals surface area contributed by atoms with Crippen LogP contribution in [0.3, 0.4) is 0 Å². The lowest BCUT2D eigenvalue weighted by Gasteiger charge is -2.04. The fourth-order valence-electron chi connectivity index (χ4n) is 1.42. The van der Waals surface area contributed by atoms with Crippen LogP contribution in [0, 0.1) is 0 Å². The third kappa shape index (κ3) is 4.40. The normalized spacial score (nSPS) is 10.1. The molecule has 20 heavy (non-hydrogen) atoms. The minimum Gasteiger partial charge on any atom is -0.455 e. The fourth-order valence-corrected chi connectivity index (χ4v) is 1.55. The number of halogens is 1. The monoisotopic (exact) mass is 294 g/mol. The molecule has 0 saturated heterocycles. The first-order valence-corrected chi connectivity index (χ1v) is 6.11. The highest BCUT2D eigenvalue weighted by Crippen LogP contribution is 2.10. The van der Waals surface area contributed by atoms with Gasteiger partial charge in [-0.25, -0.2) is 0 Å². The number of esters is 1. The van der Waals surface area contributed by atoms with Crippen LogP contribution in [0.2, 0.25) is 5.02 Å². The zero-order valence-electron chi connectivity index (χ0n) is 10.3. The van der Waals surface area contributed by atoms with E-state index in [4.69, 9.17) is 16.3 Å². The Balaban J connectivity index is 1.74. The number of aromatic nitrogens is 1. The van der Waals surface area contributed by atoms with Crippen LogP contribution in [0.25, 0.3) is 0 Å². The molecule has 0 radical (unpaired) electrons. The second kappa shape index (κ2) is 6.72. The highest BCUT2D eigenvalue weighted by molar-refractivity contribution is 6.30. The predicted molar refractivity (Wildman–Crippen MR) is 71.2 cm³/mol. The van der Waals surface area contributed by atoms with Crippen LogP contribution in [0.15, 0.2) is 41.1 Å². The van der Waals surface area contributed by atoms with Gasteiger partial charge in [-0.3, -0.25) is 9.59 Å². The Labute approximate surface area is 119 Å². The molecule has 2 aromatic rings. The molecule has 6 nitrogen and oxygen atoms in total. The van der Waals surface area contributed by atoms with E-state index in [0.717, 1.165) is 5.56 Å². The molecule has 0 atom stereocenters. The van der Waals surface area contributed by atoms with Gasteiger partial charge < -0.3 is 14.6 Å². The van der Waals surface area contributed by atoms with Crippen molar-refractivity contribution in [2.24, 2.45) is 0 Å². The molecule has 104 valence electrons. The second-order valence-corrected chi connectivity index (χ2v) is 4.33. The molecule has 0 aliphatic rings. The molecule has 0 saturated carbocycles. The van der Waals surface area contributed by atoms with Gasteiger partial charge in [-0.1, -0.05) is 28.9 Å². The molecule has 0 aliphatic heterocycles. The van der Waals surface area contributed by atoms with Gasteiger partial charge in [0.25, 0.3) is 5.91 Å². The standard InChI is InChI=1S/C13H11ClN2O4/c14-10-3-1-9(2-4-10)7-13(18)19-8-12(17)15-11-5-6-20-16-11/h1-6H,7-8H2,(H,15,16,17). The van der Waals surface area contributed by atoms with Gasteiger partial charge in [-0.15, -0.1) is 0 Å². The Bertz CT molecular complexity index is 581. The summed E-state index contributed by atoms with van der Waals surface area (Å²) in [6.07, 6.45) is 1.40. The van der Waals surface area contributed by atoms with Crippen molar-refractivity contribution in [3.63, 3.8) is 0 Å². The van der Waals surface area contributed by atoms with Crippen molar-refractivity contribution < 1.29 is 18.8 Å². The SMILES string of the molecule is O=C(COC(=O)Cc1ccc(Cl)cc1)Nc1ccon1. The molecule has 0 aliphatic carbocycles. The second-order valence-electron chi connectivity index (χ2n) is 3.90. The third-order valence-electron chi connectivity index (χ3n) is 2.33. The van der Waals surface area contributed by atoms with Crippen molar-refractivity contribution >= 4 is 29.3 Å². The molecule has 7 heteroatoms. The van der Waals surface area contributed by atoms with Gasteiger partial charge in [0.05, 0.1) is 6.42 Å². The average molecular weight is 295 g/mol. The summed E-state index contributed by atoms with van der Waals surface area (Å²) in [5, 5.41) is 6.50. The molecule has 2 rings (SSSR count). The summed E-state index contributed by atoms with van der Waals surface area (Å²) < 4.78 is 9.39. The number of carbonyl (C=O) groups excluding carboxylic acids is 2. The average Bonchev–Trinajstić information content (AvgIpc) is 2.92. The van der Waals surface area contributed by atoms with E-state index in [1.807, 2.05) is 0 Å². The first-order chi connectivity index (χ1) is 9.63. The Morgan fingerprint density at radius 1 is 1.25 bits per heavy atom. The molecule has 0 bridgehead atoms. The van der Waals surface area contributed by atoms with Gasteiger partial charge >= 0.3 is 5.97 Å². The van der Waals surface area contributed by atoms with E-state index in [1.54, 1.807) is 24.3 Å². The van der Waals surface area contributed by atoms with Gasteiger partial charge in [0.1, 0.15) is 6.26 Å². The van der Waals surface area contributed by atoms with Crippen molar-refractivity contribution in [2.75, 3.05) is 11.9 Å². The third-order valence-corrected chi connectivity index (χ3v) is 2.58. The Morgan fingerprint density at radius 3 is 2.65 bits per heavy atom. The number of amides is 1. The largest absolute Gasteiger partial charge is 0.455 e. The lowest BCUT2D eigenvalue weighted by molar-refractivity contribution is -0.146. The van der Waals surface area contributed by atoms with E-state index in [-0.39, 0.29) is 18.8 Å². The topological polar surface area (TPSA) is 81.4 Å². The highest BCUT2D eigenvalue weighted by Gasteiger charge is 2.09. The first kappa shape index (κ1) is 14.1. The maximum Gasteiger partial charge on any atom is 0.310 e. The summed E-state index contributed by atoms with van der Waals surface area (Å²) in [5.41, 5.74) is 0.760. The van der Waals surface area contributed by atoms with Gasteiger partial charge in [0, 0.05) is 11.1 Å². The number of hydrogen-bond acceptors (Lipinski definition) is 5. The Morgan fingerprint density at radius 2 is 2.00 bits per heavy atom. The molecular formula is C13H11ClN2O4. The van der Waals surface area contributed by atoms with Crippen molar-refractivity contribution in [2.45, 2.75) is 6.42 Å². The molecule has 0 fully saturated rings. The van der Waals surface area contributed by atoms with E-state index in [2.05, 4.69) is 15.0 Å². The van der Waals surface area contributed by atoms with Crippen LogP contribution in [0.4, 0.5) is 5.82 Å². The Hall–Kier alpha value is -2.34. The summed E-state index contributed by atoms with van der Waals surface area (Å²) in [6, 6.07) is 8.29. The van der Waals surface area contributed by atoms with Crippen LogP contribution in [-0.2, 0) is 20.7 Å². The maximum atomic E-state index is 11.5. The van der Waals surface area contributed by atoms with Crippen LogP contribution >= 0.6 is 11.6 Å². The number of nitrogens with zero attached hydrogens (tertiary/aromatic N) is 1. The number of carbonyl (C=O) groups is 2. The lowest BCUT2D eigenvalue weighted by Crippen LogP contribution is -2.21. The van der Waals surface area contributed by atoms with E-state index in [9.17, 15) is 9.59 Å². The summed E-state index contributed by atoms with van der Waals surface area (Å²) in [4.78, 5) is 23.0. The van der Waals surface area contributed by atoms with E-state index in [0.29, 0.717) is 5.02 Å². The smallest absolute Gasteiger partial charge is 0.310 e. The van der Waals surface area contributed by atoms with Crippen LogP contribution in [-0.4, -0.2) is 23.6 Å². The van der Waals surface area contributed by atoms with E-state index < -0.39 is 11.9 Å². The highest BCUT2D eigenvalue weighted by atomic mass is 35.5. The molecular weight excluding hydrogens is 284 g/mol. The summed E-state index contributed by atoms with van der Waals surface area (Å²) >= 11 is 5.74. The van der Waals surface area contributed by atoms with Crippen molar-refractivity contribution in [3.8, 4) is 0 Å². The number of hydrogen-bond donors (Lipinski definition) is 1. The van der Waals surface area contributed by atoms with Gasteiger partial charge in [0.2, 0.25) is 0 Å². The first-order valence-electron chi connectivity index (χ1n) is 5.74. The molecule has 1 amide bonds. The molecule has 1 aromatic carbocycles. The van der Waals surface area contributed by atoms with Crippen molar-refractivity contribution in [1.29, 1.82) is 0 Å². The van der Waals surface area contributed by atoms with E-state index in [1.165, 1.54) is 12.3 Å². The number of nitrogens with one attached hydrogen (secondary N) is 1. The van der Waals surface area contributed by atoms with Crippen LogP contribution < -0.4 is 5.32 Å². The molecule has 0 spiro atoms. The summed E-state index contributed by atoms with van der Waals surface area (Å²) in [5.74, 6) is -0.713. The predicted octanol–water partition coefficient (Wildman–Crippen LogP) is 2.05. The van der Waals surface area contributed by atoms with Gasteiger partial charge in [0.15, 0.2) is 12.4 Å². The van der Waals surface area contributed by atoms with Crippen molar-refractivity contribution in [1.82, 2.24) is 5.16 Å². The van der Waals surface area contributed by atoms with Gasteiger partial charge in [-0.2, -0.15) is 0 Å². The quantitative estimate of drug-likeness (QED) is 0.854. The van der Waals surface area contributed by atoms with E-state index >= 15 is 0 Å². The van der Waals surface area contributed by atoms with Gasteiger partial charge in [-0.05, 0) is 17.7 Å². The summed E-state index contributed by atoms with van der Waals surface area (Å²) in [7, 11) is 0. The van der Waals surface area contributed by atoms with Crippen LogP contribution in [0.1, 0.15) is 5.56 Å². The summed E-state index contributed by atoms with van der Waals surface area (Å²) in [6.45, 7) is -0.376. The molecule has 0 unspecified atom stereocenters. The fraction of sp³-hybridized carbons (Fsp3) is 0.154. The van der Waals surface area contributed by atoms with Crippen molar-refractivity contribution in [3.05, 3.63) is 47.2 Å². The number of anilines is 1. The zero-order valence-corrected chi connectivity index (χ0v) is 11.1. The molecule has 1 heterocycles. The maximum absolute atomic E-state index is 11.5. The van der Waals surface area contributed by atoms with Crippen LogP contribution in [0.5, 0.6) is 0 Å². The molecule has 1 N–H and O–H groups in total. The number of ether oxygens (including phenoxy) is 1. The molecule has 1 aromatic heterocycles. The Kier molecular flexibility index (Phi) is 4.73.